The number of hydrogen-bond acceptors (Lipinski definition) is 6. The van der Waals surface area contributed by atoms with E-state index in [0.29, 0.717) is 12.0 Å². The van der Waals surface area contributed by atoms with Crippen molar-refractivity contribution >= 4 is 34.9 Å². The molecule has 1 aliphatic carbocycles. The Morgan fingerprint density at radius 1 is 1.20 bits per heavy atom. The maximum atomic E-state index is 13.5. The molecule has 1 aromatic heterocycles. The third-order valence-corrected chi connectivity index (χ3v) is 8.07. The molecule has 0 unspecified atom stereocenters. The molecule has 0 saturated carbocycles. The largest absolute Gasteiger partial charge is 0.466 e. The van der Waals surface area contributed by atoms with Crippen molar-refractivity contribution in [1.82, 2.24) is 5.32 Å². The normalized spacial score (nSPS) is 21.4. The van der Waals surface area contributed by atoms with Crippen molar-refractivity contribution in [3.8, 4) is 0 Å². The number of thioether (sulfide) groups is 1. The van der Waals surface area contributed by atoms with Gasteiger partial charge in [-0.1, -0.05) is 30.3 Å². The van der Waals surface area contributed by atoms with Crippen molar-refractivity contribution in [1.29, 1.82) is 0 Å². The smallest absolute Gasteiger partial charge is 0.336 e. The van der Waals surface area contributed by atoms with Gasteiger partial charge in [-0.05, 0) is 49.6 Å². The Hall–Kier alpha value is -2.31. The number of rotatable bonds is 4. The molecule has 4 nitrogen and oxygen atoms in total. The fraction of sp³-hybridized carbons (Fsp3) is 0.333. The van der Waals surface area contributed by atoms with Gasteiger partial charge < -0.3 is 10.1 Å². The molecule has 2 atom stereocenters. The van der Waals surface area contributed by atoms with Crippen molar-refractivity contribution in [3.63, 3.8) is 0 Å². The lowest BCUT2D eigenvalue weighted by molar-refractivity contribution is -0.136. The second-order valence-electron chi connectivity index (χ2n) is 7.72. The molecule has 0 amide bonds. The number of thiophene rings is 1. The lowest BCUT2D eigenvalue weighted by Gasteiger charge is -2.36. The van der Waals surface area contributed by atoms with Gasteiger partial charge in [-0.3, -0.25) is 4.79 Å². The molecule has 2 aromatic rings. The highest BCUT2D eigenvalue weighted by molar-refractivity contribution is 8.00. The summed E-state index contributed by atoms with van der Waals surface area (Å²) in [6, 6.07) is 12.3. The van der Waals surface area contributed by atoms with E-state index in [1.807, 2.05) is 31.4 Å². The molecular formula is C24H25NO3S2. The van der Waals surface area contributed by atoms with Crippen LogP contribution in [-0.4, -0.2) is 25.1 Å². The van der Waals surface area contributed by atoms with Gasteiger partial charge in [0.1, 0.15) is 0 Å². The van der Waals surface area contributed by atoms with E-state index in [1.54, 1.807) is 23.1 Å². The predicted octanol–water partition coefficient (Wildman–Crippen LogP) is 5.31. The van der Waals surface area contributed by atoms with Gasteiger partial charge in [0.2, 0.25) is 0 Å². The molecule has 4 rings (SSSR count). The SMILES string of the molecule is COC(=O)C1=C(C)NC2=C(C(=O)C[C@H](c3ccccc3)C2)[C@H]1c1cc(C)sc1SC. The molecule has 6 heteroatoms. The molecule has 30 heavy (non-hydrogen) atoms. The van der Waals surface area contributed by atoms with Gasteiger partial charge in [0, 0.05) is 28.3 Å². The first kappa shape index (κ1) is 20.9. The first-order valence-electron chi connectivity index (χ1n) is 9.96. The van der Waals surface area contributed by atoms with Crippen molar-refractivity contribution in [2.45, 2.75) is 42.7 Å². The number of aryl methyl sites for hydroxylation is 1. The van der Waals surface area contributed by atoms with Crippen LogP contribution in [0.25, 0.3) is 0 Å². The minimum atomic E-state index is -0.384. The highest BCUT2D eigenvalue weighted by atomic mass is 32.2. The molecule has 1 aromatic carbocycles. The zero-order valence-corrected chi connectivity index (χ0v) is 19.2. The fourth-order valence-electron chi connectivity index (χ4n) is 4.56. The summed E-state index contributed by atoms with van der Waals surface area (Å²) in [5.74, 6) is -0.523. The quantitative estimate of drug-likeness (QED) is 0.517. The maximum absolute atomic E-state index is 13.5. The number of esters is 1. The van der Waals surface area contributed by atoms with Crippen LogP contribution in [0.1, 0.15) is 47.6 Å². The standard InChI is InChI=1S/C24H25NO3S2/c1-13-10-17(24(29-4)30-13)21-20(23(27)28-3)14(2)25-18-11-16(12-19(26)22(18)21)15-8-6-5-7-9-15/h5-10,16,21,25H,11-12H2,1-4H3/t16-,21+/m1/s1. The number of carbonyl (C=O) groups is 2. The highest BCUT2D eigenvalue weighted by Crippen LogP contribution is 2.49. The number of Topliss-reactive ketones (excluding diaryl/α,β-unsaturated/α-hetero) is 1. The summed E-state index contributed by atoms with van der Waals surface area (Å²) in [6.45, 7) is 3.96. The number of carbonyl (C=O) groups excluding carboxylic acids is 2. The number of nitrogens with one attached hydrogen (secondary N) is 1. The molecule has 0 fully saturated rings. The Bertz CT molecular complexity index is 1070. The Morgan fingerprint density at radius 3 is 2.60 bits per heavy atom. The number of hydrogen-bond donors (Lipinski definition) is 1. The average molecular weight is 440 g/mol. The van der Waals surface area contributed by atoms with E-state index >= 15 is 0 Å². The number of ether oxygens (including phenoxy) is 1. The number of benzene rings is 1. The van der Waals surface area contributed by atoms with Gasteiger partial charge in [-0.15, -0.1) is 23.1 Å². The van der Waals surface area contributed by atoms with E-state index in [0.717, 1.165) is 33.2 Å². The summed E-state index contributed by atoms with van der Waals surface area (Å²) < 4.78 is 6.26. The van der Waals surface area contributed by atoms with E-state index < -0.39 is 0 Å². The van der Waals surface area contributed by atoms with Crippen LogP contribution in [0.3, 0.4) is 0 Å². The monoisotopic (exact) mass is 439 g/mol. The van der Waals surface area contributed by atoms with Crippen molar-refractivity contribution in [2.75, 3.05) is 13.4 Å². The van der Waals surface area contributed by atoms with E-state index in [2.05, 4.69) is 30.4 Å². The highest BCUT2D eigenvalue weighted by Gasteiger charge is 2.42. The molecule has 0 radical (unpaired) electrons. The van der Waals surface area contributed by atoms with Gasteiger partial charge in [-0.2, -0.15) is 0 Å². The maximum Gasteiger partial charge on any atom is 0.336 e. The fourth-order valence-corrected chi connectivity index (χ4v) is 6.48. The van der Waals surface area contributed by atoms with Crippen molar-refractivity contribution in [2.24, 2.45) is 0 Å². The first-order chi connectivity index (χ1) is 14.4. The molecule has 0 saturated heterocycles. The number of dihydropyridines is 1. The van der Waals surface area contributed by atoms with Crippen LogP contribution in [0.4, 0.5) is 0 Å². The van der Waals surface area contributed by atoms with Crippen LogP contribution in [0, 0.1) is 6.92 Å². The molecule has 1 aliphatic heterocycles. The molecule has 2 aliphatic rings. The first-order valence-corrected chi connectivity index (χ1v) is 12.0. The lowest BCUT2D eigenvalue weighted by atomic mass is 9.72. The zero-order chi connectivity index (χ0) is 21.4. The van der Waals surface area contributed by atoms with E-state index in [-0.39, 0.29) is 23.6 Å². The second kappa shape index (κ2) is 8.44. The summed E-state index contributed by atoms with van der Waals surface area (Å²) in [7, 11) is 1.39. The Balaban J connectivity index is 1.85. The third kappa shape index (κ3) is 3.63. The molecule has 0 spiro atoms. The van der Waals surface area contributed by atoms with Gasteiger partial charge in [0.05, 0.1) is 22.8 Å². The number of ketones is 1. The third-order valence-electron chi connectivity index (χ3n) is 5.85. The van der Waals surface area contributed by atoms with Crippen LogP contribution >= 0.6 is 23.1 Å². The van der Waals surface area contributed by atoms with Crippen molar-refractivity contribution in [3.05, 3.63) is 74.9 Å². The molecule has 2 heterocycles. The summed E-state index contributed by atoms with van der Waals surface area (Å²) in [5, 5.41) is 3.39. The van der Waals surface area contributed by atoms with Crippen LogP contribution < -0.4 is 5.32 Å². The summed E-state index contributed by atoms with van der Waals surface area (Å²) in [4.78, 5) is 27.4. The number of allylic oxidation sites excluding steroid dienone is 3. The average Bonchev–Trinajstić information content (AvgIpc) is 3.13. The van der Waals surface area contributed by atoms with Gasteiger partial charge >= 0.3 is 5.97 Å². The predicted molar refractivity (Wildman–Crippen MR) is 122 cm³/mol. The van der Waals surface area contributed by atoms with Crippen LogP contribution in [0.2, 0.25) is 0 Å². The summed E-state index contributed by atoms with van der Waals surface area (Å²) in [5.41, 5.74) is 5.17. The summed E-state index contributed by atoms with van der Waals surface area (Å²) >= 11 is 3.36. The van der Waals surface area contributed by atoms with E-state index in [1.165, 1.54) is 17.6 Å². The minimum Gasteiger partial charge on any atom is -0.466 e. The van der Waals surface area contributed by atoms with Gasteiger partial charge in [0.25, 0.3) is 0 Å². The van der Waals surface area contributed by atoms with Crippen LogP contribution in [0.5, 0.6) is 0 Å². The zero-order valence-electron chi connectivity index (χ0n) is 17.6. The molecule has 1 N–H and O–H groups in total. The Kier molecular flexibility index (Phi) is 5.89. The molecule has 156 valence electrons. The van der Waals surface area contributed by atoms with Gasteiger partial charge in [0.15, 0.2) is 5.78 Å². The summed E-state index contributed by atoms with van der Waals surface area (Å²) in [6.07, 6.45) is 3.24. The number of methoxy groups -OCH3 is 1. The lowest BCUT2D eigenvalue weighted by Crippen LogP contribution is -2.36. The Morgan fingerprint density at radius 2 is 1.93 bits per heavy atom. The van der Waals surface area contributed by atoms with E-state index in [4.69, 9.17) is 4.74 Å². The van der Waals surface area contributed by atoms with Crippen molar-refractivity contribution < 1.29 is 14.3 Å². The van der Waals surface area contributed by atoms with Crippen LogP contribution in [-0.2, 0) is 14.3 Å². The molecular weight excluding hydrogens is 414 g/mol. The van der Waals surface area contributed by atoms with Gasteiger partial charge in [-0.25, -0.2) is 4.79 Å². The Labute approximate surface area is 185 Å². The minimum absolute atomic E-state index is 0.104. The molecule has 0 bridgehead atoms. The second-order valence-corrected chi connectivity index (χ2v) is 10.1. The van der Waals surface area contributed by atoms with Crippen LogP contribution in [0.15, 0.2) is 63.1 Å². The van der Waals surface area contributed by atoms with E-state index in [9.17, 15) is 9.59 Å². The topological polar surface area (TPSA) is 55.4 Å².